The van der Waals surface area contributed by atoms with E-state index in [2.05, 4.69) is 10.6 Å². The lowest BCUT2D eigenvalue weighted by Crippen LogP contribution is -2.47. The first-order chi connectivity index (χ1) is 14.9. The average molecular weight is 424 g/mol. The number of aryl methyl sites for hydroxylation is 2. The fraction of sp³-hybridized carbons (Fsp3) is 0.375. The van der Waals surface area contributed by atoms with Gasteiger partial charge in [-0.05, 0) is 60.6 Å². The molecule has 0 unspecified atom stereocenters. The maximum absolute atomic E-state index is 12.4. The topological polar surface area (TPSA) is 93.7 Å². The minimum atomic E-state index is -0.875. The van der Waals surface area contributed by atoms with Gasteiger partial charge in [0, 0.05) is 5.69 Å². The third-order valence-corrected chi connectivity index (χ3v) is 5.08. The third kappa shape index (κ3) is 6.57. The molecule has 7 heteroatoms. The quantitative estimate of drug-likeness (QED) is 0.604. The summed E-state index contributed by atoms with van der Waals surface area (Å²) in [5.41, 5.74) is 3.25. The van der Waals surface area contributed by atoms with E-state index < -0.39 is 30.4 Å². The van der Waals surface area contributed by atoms with Crippen LogP contribution < -0.4 is 15.4 Å². The molecule has 31 heavy (non-hydrogen) atoms. The number of carbonyl (C=O) groups excluding carboxylic acids is 3. The van der Waals surface area contributed by atoms with E-state index in [9.17, 15) is 14.4 Å². The van der Waals surface area contributed by atoms with Gasteiger partial charge in [0.25, 0.3) is 11.8 Å². The van der Waals surface area contributed by atoms with Crippen molar-refractivity contribution in [2.24, 2.45) is 5.92 Å². The Kier molecular flexibility index (Phi) is 7.65. The molecule has 0 saturated heterocycles. The van der Waals surface area contributed by atoms with Crippen LogP contribution in [0.2, 0.25) is 0 Å². The zero-order valence-corrected chi connectivity index (χ0v) is 17.9. The summed E-state index contributed by atoms with van der Waals surface area (Å²) in [6.07, 6.45) is 3.21. The minimum absolute atomic E-state index is 0.215. The van der Waals surface area contributed by atoms with Crippen LogP contribution in [0.25, 0.3) is 0 Å². The number of hydrogen-bond donors (Lipinski definition) is 2. The number of amides is 2. The molecule has 1 aliphatic carbocycles. The molecule has 0 aliphatic heterocycles. The van der Waals surface area contributed by atoms with Crippen LogP contribution in [0.5, 0.6) is 5.75 Å². The number of carbonyl (C=O) groups is 3. The number of rotatable bonds is 9. The van der Waals surface area contributed by atoms with Crippen molar-refractivity contribution in [3.63, 3.8) is 0 Å². The molecule has 2 amide bonds. The molecule has 0 radical (unpaired) electrons. The molecule has 1 atom stereocenters. The lowest BCUT2D eigenvalue weighted by molar-refractivity contribution is -0.152. The van der Waals surface area contributed by atoms with Crippen molar-refractivity contribution in [1.29, 1.82) is 0 Å². The highest BCUT2D eigenvalue weighted by Crippen LogP contribution is 2.24. The molecule has 0 bridgehead atoms. The molecule has 2 aromatic rings. The van der Waals surface area contributed by atoms with Gasteiger partial charge in [0.1, 0.15) is 11.8 Å². The minimum Gasteiger partial charge on any atom is -0.484 e. The molecule has 164 valence electrons. The lowest BCUT2D eigenvalue weighted by Gasteiger charge is -2.21. The molecule has 0 heterocycles. The number of fused-ring (bicyclic) bond motifs is 1. The highest BCUT2D eigenvalue weighted by molar-refractivity contribution is 5.93. The van der Waals surface area contributed by atoms with Crippen molar-refractivity contribution >= 4 is 23.5 Å². The monoisotopic (exact) mass is 424 g/mol. The van der Waals surface area contributed by atoms with Gasteiger partial charge in [-0.15, -0.1) is 0 Å². The van der Waals surface area contributed by atoms with Gasteiger partial charge in [-0.3, -0.25) is 9.59 Å². The zero-order chi connectivity index (χ0) is 22.2. The first-order valence-electron chi connectivity index (χ1n) is 10.5. The molecular weight excluding hydrogens is 396 g/mol. The smallest absolute Gasteiger partial charge is 0.329 e. The molecule has 0 aromatic heterocycles. The van der Waals surface area contributed by atoms with E-state index in [0.717, 1.165) is 19.3 Å². The van der Waals surface area contributed by atoms with Gasteiger partial charge < -0.3 is 20.1 Å². The van der Waals surface area contributed by atoms with Crippen LogP contribution in [0, 0.1) is 5.92 Å². The Morgan fingerprint density at radius 1 is 0.935 bits per heavy atom. The molecule has 7 nitrogen and oxygen atoms in total. The molecule has 0 fully saturated rings. The van der Waals surface area contributed by atoms with Crippen LogP contribution in [0.3, 0.4) is 0 Å². The Hall–Kier alpha value is -3.35. The summed E-state index contributed by atoms with van der Waals surface area (Å²) in [6, 6.07) is 13.9. The van der Waals surface area contributed by atoms with Gasteiger partial charge in [-0.2, -0.15) is 0 Å². The highest BCUT2D eigenvalue weighted by Gasteiger charge is 2.26. The second-order valence-electron chi connectivity index (χ2n) is 7.88. The Morgan fingerprint density at radius 3 is 2.42 bits per heavy atom. The normalized spacial score (nSPS) is 13.3. The van der Waals surface area contributed by atoms with Crippen LogP contribution in [-0.2, 0) is 32.0 Å². The molecule has 2 aromatic carbocycles. The van der Waals surface area contributed by atoms with Crippen LogP contribution in [0.1, 0.15) is 31.4 Å². The van der Waals surface area contributed by atoms with E-state index in [1.165, 1.54) is 11.1 Å². The number of anilines is 1. The first kappa shape index (κ1) is 22.3. The summed E-state index contributed by atoms with van der Waals surface area (Å²) in [7, 11) is 0. The van der Waals surface area contributed by atoms with Gasteiger partial charge in [-0.1, -0.05) is 38.1 Å². The number of hydrogen-bond acceptors (Lipinski definition) is 5. The van der Waals surface area contributed by atoms with Crippen molar-refractivity contribution in [2.75, 3.05) is 18.5 Å². The number of nitrogens with one attached hydrogen (secondary N) is 2. The van der Waals surface area contributed by atoms with E-state index in [0.29, 0.717) is 11.4 Å². The van der Waals surface area contributed by atoms with Gasteiger partial charge in [-0.25, -0.2) is 4.79 Å². The first-order valence-corrected chi connectivity index (χ1v) is 10.5. The molecule has 0 spiro atoms. The maximum atomic E-state index is 12.4. The van der Waals surface area contributed by atoms with Crippen LogP contribution >= 0.6 is 0 Å². The van der Waals surface area contributed by atoms with Crippen molar-refractivity contribution in [3.05, 3.63) is 59.7 Å². The van der Waals surface area contributed by atoms with Crippen LogP contribution in [0.15, 0.2) is 48.5 Å². The van der Waals surface area contributed by atoms with Gasteiger partial charge in [0.15, 0.2) is 13.2 Å². The summed E-state index contributed by atoms with van der Waals surface area (Å²) in [5.74, 6) is -1.18. The number of esters is 1. The number of ether oxygens (including phenoxy) is 2. The largest absolute Gasteiger partial charge is 0.484 e. The van der Waals surface area contributed by atoms with E-state index in [-0.39, 0.29) is 12.5 Å². The fourth-order valence-electron chi connectivity index (χ4n) is 3.45. The molecule has 2 N–H and O–H groups in total. The molecule has 3 rings (SSSR count). The lowest BCUT2D eigenvalue weighted by atomic mass is 10.0. The van der Waals surface area contributed by atoms with E-state index in [1.54, 1.807) is 38.1 Å². The summed E-state index contributed by atoms with van der Waals surface area (Å²) in [4.78, 5) is 36.8. The van der Waals surface area contributed by atoms with Crippen molar-refractivity contribution in [1.82, 2.24) is 5.32 Å². The standard InChI is InChI=1S/C24H28N2O5/c1-16(2)23(26-22(28)14-30-20-9-4-3-5-10-20)24(29)31-15-21(27)25-19-12-11-17-7-6-8-18(17)13-19/h3-5,9-13,16,23H,6-8,14-15H2,1-2H3,(H,25,27)(H,26,28)/t23-/m0/s1. The Labute approximate surface area is 182 Å². The van der Waals surface area contributed by atoms with E-state index >= 15 is 0 Å². The SMILES string of the molecule is CC(C)[C@H](NC(=O)COc1ccccc1)C(=O)OCC(=O)Nc1ccc2c(c1)CCC2. The summed E-state index contributed by atoms with van der Waals surface area (Å²) in [5, 5.41) is 5.37. The Morgan fingerprint density at radius 2 is 1.68 bits per heavy atom. The average Bonchev–Trinajstić information content (AvgIpc) is 3.23. The van der Waals surface area contributed by atoms with E-state index in [1.807, 2.05) is 24.3 Å². The summed E-state index contributed by atoms with van der Waals surface area (Å²) in [6.45, 7) is 2.93. The predicted molar refractivity (Wildman–Crippen MR) is 117 cm³/mol. The second-order valence-corrected chi connectivity index (χ2v) is 7.88. The summed E-state index contributed by atoms with van der Waals surface area (Å²) < 4.78 is 10.5. The Balaban J connectivity index is 1.46. The van der Waals surface area contributed by atoms with Crippen molar-refractivity contribution in [3.8, 4) is 5.75 Å². The zero-order valence-electron chi connectivity index (χ0n) is 17.9. The fourth-order valence-corrected chi connectivity index (χ4v) is 3.45. The summed E-state index contributed by atoms with van der Waals surface area (Å²) >= 11 is 0. The Bertz CT molecular complexity index is 927. The van der Waals surface area contributed by atoms with Gasteiger partial charge >= 0.3 is 5.97 Å². The van der Waals surface area contributed by atoms with Gasteiger partial charge in [0.2, 0.25) is 0 Å². The molecule has 1 aliphatic rings. The van der Waals surface area contributed by atoms with Crippen molar-refractivity contribution in [2.45, 2.75) is 39.2 Å². The van der Waals surface area contributed by atoms with E-state index in [4.69, 9.17) is 9.47 Å². The van der Waals surface area contributed by atoms with Crippen molar-refractivity contribution < 1.29 is 23.9 Å². The second kappa shape index (κ2) is 10.6. The molecular formula is C24H28N2O5. The predicted octanol–water partition coefficient (Wildman–Crippen LogP) is 2.88. The molecule has 0 saturated carbocycles. The van der Waals surface area contributed by atoms with Crippen LogP contribution in [-0.4, -0.2) is 37.0 Å². The van der Waals surface area contributed by atoms with Crippen LogP contribution in [0.4, 0.5) is 5.69 Å². The van der Waals surface area contributed by atoms with Gasteiger partial charge in [0.05, 0.1) is 0 Å². The number of para-hydroxylation sites is 1. The highest BCUT2D eigenvalue weighted by atomic mass is 16.5. The maximum Gasteiger partial charge on any atom is 0.329 e. The third-order valence-electron chi connectivity index (χ3n) is 5.08. The number of benzene rings is 2.